The summed E-state index contributed by atoms with van der Waals surface area (Å²) in [6, 6.07) is 0. The molecule has 0 atom stereocenters. The molecule has 0 heterocycles. The van der Waals surface area contributed by atoms with Crippen molar-refractivity contribution in [3.63, 3.8) is 0 Å². The van der Waals surface area contributed by atoms with Crippen molar-refractivity contribution < 1.29 is 0 Å². The monoisotopic (exact) mass is 248 g/mol. The molecule has 0 aromatic carbocycles. The van der Waals surface area contributed by atoms with E-state index >= 15 is 0 Å². The summed E-state index contributed by atoms with van der Waals surface area (Å²) in [5, 5.41) is 0. The Balaban J connectivity index is 2.85. The Labute approximate surface area is 71.6 Å². The molecule has 0 radical (unpaired) electrons. The molecular weight excluding hydrogens is 244 g/mol. The molecule has 0 fully saturated rings. The first kappa shape index (κ1) is 7.29. The fourth-order valence-corrected chi connectivity index (χ4v) is 1.21. The van der Waals surface area contributed by atoms with Crippen LogP contribution in [0.15, 0.2) is 33.3 Å². The molecule has 48 valence electrons. The summed E-state index contributed by atoms with van der Waals surface area (Å²) in [5.74, 6) is 0. The third kappa shape index (κ3) is 2.11. The van der Waals surface area contributed by atoms with Gasteiger partial charge in [-0.1, -0.05) is 18.2 Å². The molecule has 0 unspecified atom stereocenters. The van der Waals surface area contributed by atoms with Crippen LogP contribution in [0.5, 0.6) is 0 Å². The van der Waals surface area contributed by atoms with Crippen molar-refractivity contribution in [1.29, 1.82) is 0 Å². The highest BCUT2D eigenvalue weighted by Crippen LogP contribution is 2.24. The Bertz CT molecular complexity index is 187. The van der Waals surface area contributed by atoms with Gasteiger partial charge in [0, 0.05) is 8.96 Å². The Morgan fingerprint density at radius 3 is 2.78 bits per heavy atom. The van der Waals surface area contributed by atoms with E-state index in [1.54, 1.807) is 0 Å². The molecule has 0 spiro atoms. The van der Waals surface area contributed by atoms with Gasteiger partial charge in [-0.25, -0.2) is 0 Å². The molecule has 2 heteroatoms. The lowest BCUT2D eigenvalue weighted by Crippen LogP contribution is -1.65. The molecular formula is C7H6Br2. The van der Waals surface area contributed by atoms with Gasteiger partial charge >= 0.3 is 0 Å². The summed E-state index contributed by atoms with van der Waals surface area (Å²) in [7, 11) is 0. The SMILES string of the molecule is BrC1=CC=CCC=C1Br. The minimum atomic E-state index is 1.01. The number of rotatable bonds is 0. The lowest BCUT2D eigenvalue weighted by atomic mass is 10.4. The molecule has 0 aromatic heterocycles. The highest BCUT2D eigenvalue weighted by Gasteiger charge is 1.95. The van der Waals surface area contributed by atoms with Gasteiger partial charge < -0.3 is 0 Å². The second-order valence-electron chi connectivity index (χ2n) is 1.73. The molecule has 0 saturated heterocycles. The zero-order valence-corrected chi connectivity index (χ0v) is 7.94. The van der Waals surface area contributed by atoms with Gasteiger partial charge in [0.25, 0.3) is 0 Å². The summed E-state index contributed by atoms with van der Waals surface area (Å²) >= 11 is 6.81. The summed E-state index contributed by atoms with van der Waals surface area (Å²) in [4.78, 5) is 0. The molecule has 0 N–H and O–H groups in total. The topological polar surface area (TPSA) is 0 Å². The molecule has 9 heavy (non-hydrogen) atoms. The first-order valence-electron chi connectivity index (χ1n) is 2.69. The second-order valence-corrected chi connectivity index (χ2v) is 3.44. The zero-order valence-electron chi connectivity index (χ0n) is 4.77. The smallest absolute Gasteiger partial charge is 0.0314 e. The highest BCUT2D eigenvalue weighted by molar-refractivity contribution is 9.15. The van der Waals surface area contributed by atoms with Crippen LogP contribution in [0.3, 0.4) is 0 Å². The van der Waals surface area contributed by atoms with Gasteiger partial charge in [-0.3, -0.25) is 0 Å². The summed E-state index contributed by atoms with van der Waals surface area (Å²) in [6.07, 6.45) is 9.29. The van der Waals surface area contributed by atoms with E-state index in [4.69, 9.17) is 0 Å². The predicted octanol–water partition coefficient (Wildman–Crippen LogP) is 3.50. The largest absolute Gasteiger partial charge is 0.0807 e. The van der Waals surface area contributed by atoms with Crippen LogP contribution in [0.4, 0.5) is 0 Å². The first-order valence-corrected chi connectivity index (χ1v) is 4.27. The average molecular weight is 250 g/mol. The average Bonchev–Trinajstić information content (AvgIpc) is 1.99. The fraction of sp³-hybridized carbons (Fsp3) is 0.143. The summed E-state index contributed by atoms with van der Waals surface area (Å²) in [5.41, 5.74) is 0. The minimum Gasteiger partial charge on any atom is -0.0807 e. The quantitative estimate of drug-likeness (QED) is 0.617. The van der Waals surface area contributed by atoms with E-state index in [-0.39, 0.29) is 0 Å². The summed E-state index contributed by atoms with van der Waals surface area (Å²) in [6.45, 7) is 0. The van der Waals surface area contributed by atoms with Gasteiger partial charge in [-0.2, -0.15) is 0 Å². The van der Waals surface area contributed by atoms with Crippen molar-refractivity contribution in [3.8, 4) is 0 Å². The van der Waals surface area contributed by atoms with Gasteiger partial charge in [0.05, 0.1) is 0 Å². The number of hydrogen-bond donors (Lipinski definition) is 0. The Morgan fingerprint density at radius 2 is 2.00 bits per heavy atom. The molecule has 0 amide bonds. The predicted molar refractivity (Wildman–Crippen MR) is 47.8 cm³/mol. The Morgan fingerprint density at radius 1 is 1.22 bits per heavy atom. The molecule has 0 nitrogen and oxygen atoms in total. The Kier molecular flexibility index (Phi) is 2.73. The van der Waals surface area contributed by atoms with Crippen LogP contribution < -0.4 is 0 Å². The van der Waals surface area contributed by atoms with E-state index in [1.807, 2.05) is 12.2 Å². The molecule has 1 aliphatic carbocycles. The molecule has 1 rings (SSSR count). The molecule has 0 bridgehead atoms. The maximum Gasteiger partial charge on any atom is 0.0314 e. The lowest BCUT2D eigenvalue weighted by molar-refractivity contribution is 1.40. The van der Waals surface area contributed by atoms with Crippen LogP contribution in [-0.2, 0) is 0 Å². The summed E-state index contributed by atoms with van der Waals surface area (Å²) < 4.78 is 2.24. The number of halogens is 2. The fourth-order valence-electron chi connectivity index (χ4n) is 0.580. The second kappa shape index (κ2) is 3.37. The van der Waals surface area contributed by atoms with Crippen molar-refractivity contribution in [2.45, 2.75) is 6.42 Å². The normalized spacial score (nSPS) is 18.4. The van der Waals surface area contributed by atoms with E-state index < -0.39 is 0 Å². The standard InChI is InChI=1S/C7H6Br2/c8-6-4-2-1-3-5-7(6)9/h1-2,4-5H,3H2. The van der Waals surface area contributed by atoms with Gasteiger partial charge in [-0.15, -0.1) is 0 Å². The highest BCUT2D eigenvalue weighted by atomic mass is 79.9. The van der Waals surface area contributed by atoms with Crippen LogP contribution in [0.1, 0.15) is 6.42 Å². The van der Waals surface area contributed by atoms with Crippen LogP contribution >= 0.6 is 31.9 Å². The number of hydrogen-bond acceptors (Lipinski definition) is 0. The maximum absolute atomic E-state index is 3.41. The maximum atomic E-state index is 3.41. The van der Waals surface area contributed by atoms with Crippen LogP contribution in [0.2, 0.25) is 0 Å². The van der Waals surface area contributed by atoms with Crippen molar-refractivity contribution in [2.24, 2.45) is 0 Å². The molecule has 0 aromatic rings. The van der Waals surface area contributed by atoms with E-state index in [0.29, 0.717) is 0 Å². The van der Waals surface area contributed by atoms with E-state index in [2.05, 4.69) is 44.0 Å². The van der Waals surface area contributed by atoms with E-state index in [0.717, 1.165) is 15.4 Å². The third-order valence-electron chi connectivity index (χ3n) is 1.04. The number of allylic oxidation sites excluding steroid dienone is 6. The van der Waals surface area contributed by atoms with E-state index in [1.165, 1.54) is 0 Å². The van der Waals surface area contributed by atoms with Gasteiger partial charge in [0.2, 0.25) is 0 Å². The van der Waals surface area contributed by atoms with E-state index in [9.17, 15) is 0 Å². The van der Waals surface area contributed by atoms with Crippen molar-refractivity contribution >= 4 is 31.9 Å². The Hall–Kier alpha value is 0.180. The molecule has 0 aliphatic heterocycles. The van der Waals surface area contributed by atoms with Crippen molar-refractivity contribution in [1.82, 2.24) is 0 Å². The van der Waals surface area contributed by atoms with Crippen LogP contribution in [0.25, 0.3) is 0 Å². The van der Waals surface area contributed by atoms with Gasteiger partial charge in [0.15, 0.2) is 0 Å². The van der Waals surface area contributed by atoms with Crippen molar-refractivity contribution in [2.75, 3.05) is 0 Å². The molecule has 0 saturated carbocycles. The van der Waals surface area contributed by atoms with Gasteiger partial charge in [0.1, 0.15) is 0 Å². The first-order chi connectivity index (χ1) is 4.30. The van der Waals surface area contributed by atoms with Crippen LogP contribution in [-0.4, -0.2) is 0 Å². The van der Waals surface area contributed by atoms with Crippen molar-refractivity contribution in [3.05, 3.63) is 33.3 Å². The lowest BCUT2D eigenvalue weighted by Gasteiger charge is -1.90. The zero-order chi connectivity index (χ0) is 6.69. The third-order valence-corrected chi connectivity index (χ3v) is 3.01. The minimum absolute atomic E-state index is 1.01. The van der Waals surface area contributed by atoms with Crippen LogP contribution in [0, 0.1) is 0 Å². The molecule has 1 aliphatic rings. The van der Waals surface area contributed by atoms with Gasteiger partial charge in [-0.05, 0) is 44.4 Å².